The first-order chi connectivity index (χ1) is 29.8. The molecule has 0 saturated heterocycles. The van der Waals surface area contributed by atoms with Gasteiger partial charge in [-0.2, -0.15) is 0 Å². The fourth-order valence-electron chi connectivity index (χ4n) is 11.1. The summed E-state index contributed by atoms with van der Waals surface area (Å²) >= 11 is 0. The molecule has 12 aromatic rings. The molecular formula is C53H30N6O+2. The van der Waals surface area contributed by atoms with Crippen molar-refractivity contribution in [1.82, 2.24) is 18.8 Å². The van der Waals surface area contributed by atoms with Crippen molar-refractivity contribution in [2.24, 2.45) is 0 Å². The molecule has 0 atom stereocenters. The van der Waals surface area contributed by atoms with Crippen molar-refractivity contribution in [2.45, 2.75) is 5.66 Å². The first-order valence-electron chi connectivity index (χ1n) is 20.4. The van der Waals surface area contributed by atoms with E-state index in [9.17, 15) is 0 Å². The summed E-state index contributed by atoms with van der Waals surface area (Å²) in [6.07, 6.45) is 4.54. The third kappa shape index (κ3) is 3.44. The molecule has 7 heteroatoms. The van der Waals surface area contributed by atoms with Gasteiger partial charge in [-0.15, -0.1) is 9.13 Å². The van der Waals surface area contributed by atoms with Gasteiger partial charge in [0.2, 0.25) is 11.0 Å². The van der Waals surface area contributed by atoms with Gasteiger partial charge in [0.05, 0.1) is 33.5 Å². The highest BCUT2D eigenvalue weighted by molar-refractivity contribution is 6.18. The van der Waals surface area contributed by atoms with Crippen LogP contribution in [0, 0.1) is 0 Å². The average molecular weight is 767 g/mol. The number of pyridine rings is 4. The van der Waals surface area contributed by atoms with Crippen LogP contribution >= 0.6 is 0 Å². The van der Waals surface area contributed by atoms with Crippen molar-refractivity contribution >= 4 is 54.9 Å². The Morgan fingerprint density at radius 2 is 0.817 bits per heavy atom. The Morgan fingerprint density at radius 1 is 0.417 bits per heavy atom. The van der Waals surface area contributed by atoms with Crippen LogP contribution in [0.3, 0.4) is 0 Å². The number of fused-ring (bicyclic) bond motifs is 6. The zero-order chi connectivity index (χ0) is 38.8. The van der Waals surface area contributed by atoms with Crippen molar-refractivity contribution in [1.29, 1.82) is 0 Å². The predicted molar refractivity (Wildman–Crippen MR) is 234 cm³/mol. The molecule has 0 amide bonds. The van der Waals surface area contributed by atoms with Gasteiger partial charge in [0.25, 0.3) is 0 Å². The van der Waals surface area contributed by atoms with E-state index < -0.39 is 5.66 Å². The molecule has 0 aliphatic carbocycles. The second-order valence-electron chi connectivity index (χ2n) is 16.1. The lowest BCUT2D eigenvalue weighted by molar-refractivity contribution is -0.945. The molecule has 0 fully saturated rings. The van der Waals surface area contributed by atoms with Gasteiger partial charge in [-0.25, -0.2) is 9.97 Å². The zero-order valence-corrected chi connectivity index (χ0v) is 31.9. The van der Waals surface area contributed by atoms with Gasteiger partial charge in [-0.3, -0.25) is 8.80 Å². The zero-order valence-electron chi connectivity index (χ0n) is 31.9. The Kier molecular flexibility index (Phi) is 5.49. The maximum Gasteiger partial charge on any atom is 0.425 e. The molecule has 1 spiro atoms. The van der Waals surface area contributed by atoms with E-state index in [0.717, 1.165) is 112 Å². The normalized spacial score (nSPS) is 13.9. The molecule has 0 bridgehead atoms. The second kappa shape index (κ2) is 10.7. The van der Waals surface area contributed by atoms with E-state index >= 15 is 0 Å². The molecule has 6 aromatic heterocycles. The summed E-state index contributed by atoms with van der Waals surface area (Å²) < 4.78 is 16.9. The number of imidazole rings is 2. The highest BCUT2D eigenvalue weighted by atomic mass is 16.5. The van der Waals surface area contributed by atoms with Crippen LogP contribution in [0.4, 0.5) is 0 Å². The van der Waals surface area contributed by atoms with Gasteiger partial charge < -0.3 is 4.74 Å². The maximum absolute atomic E-state index is 7.09. The van der Waals surface area contributed by atoms with Crippen LogP contribution in [0.25, 0.3) is 99.9 Å². The summed E-state index contributed by atoms with van der Waals surface area (Å²) in [5.74, 6) is 1.72. The Morgan fingerprint density at radius 3 is 1.23 bits per heavy atom. The maximum atomic E-state index is 7.09. The van der Waals surface area contributed by atoms with Crippen LogP contribution in [0.1, 0.15) is 11.1 Å². The molecule has 60 heavy (non-hydrogen) atoms. The lowest BCUT2D eigenvalue weighted by Gasteiger charge is -2.25. The van der Waals surface area contributed by atoms with Crippen LogP contribution in [0.15, 0.2) is 182 Å². The molecule has 3 aliphatic rings. The summed E-state index contributed by atoms with van der Waals surface area (Å²) in [4.78, 5) is 11.2. The van der Waals surface area contributed by atoms with E-state index in [2.05, 4.69) is 200 Å². The lowest BCUT2D eigenvalue weighted by atomic mass is 9.86. The number of aromatic nitrogens is 6. The minimum absolute atomic E-state index is 0.769. The van der Waals surface area contributed by atoms with Crippen molar-refractivity contribution in [3.05, 3.63) is 193 Å². The van der Waals surface area contributed by atoms with Crippen LogP contribution < -0.4 is 13.9 Å². The average Bonchev–Trinajstić information content (AvgIpc) is 4.08. The molecule has 276 valence electrons. The third-order valence-electron chi connectivity index (χ3n) is 13.3. The first kappa shape index (κ1) is 30.9. The van der Waals surface area contributed by atoms with E-state index in [1.807, 2.05) is 0 Å². The fourth-order valence-corrected chi connectivity index (χ4v) is 11.1. The highest BCUT2D eigenvalue weighted by Gasteiger charge is 2.69. The third-order valence-corrected chi connectivity index (χ3v) is 13.3. The van der Waals surface area contributed by atoms with Crippen LogP contribution in [0.5, 0.6) is 11.5 Å². The predicted octanol–water partition coefficient (Wildman–Crippen LogP) is 10.9. The molecule has 0 N–H and O–H groups in total. The van der Waals surface area contributed by atoms with E-state index in [-0.39, 0.29) is 0 Å². The van der Waals surface area contributed by atoms with Gasteiger partial charge in [-0.05, 0) is 36.4 Å². The number of nitrogens with zero attached hydrogens (tertiary/aromatic N) is 6. The van der Waals surface area contributed by atoms with Crippen LogP contribution in [-0.2, 0) is 5.66 Å². The van der Waals surface area contributed by atoms with Crippen molar-refractivity contribution in [3.63, 3.8) is 0 Å². The molecular weight excluding hydrogens is 737 g/mol. The van der Waals surface area contributed by atoms with Gasteiger partial charge >= 0.3 is 5.66 Å². The van der Waals surface area contributed by atoms with E-state index in [1.165, 1.54) is 10.8 Å². The van der Waals surface area contributed by atoms with Crippen molar-refractivity contribution in [3.8, 4) is 56.5 Å². The molecule has 9 heterocycles. The van der Waals surface area contributed by atoms with Gasteiger partial charge in [-0.1, -0.05) is 121 Å². The van der Waals surface area contributed by atoms with E-state index in [0.29, 0.717) is 0 Å². The second-order valence-corrected chi connectivity index (χ2v) is 16.1. The Hall–Kier alpha value is -8.16. The SMILES string of the molecule is c1ccc(-c2nc3c4ccc5c6c4c4c(ccc[n+]4C64c6c(ccc7c6c6c(ccc[n+]64)n4c(-c6ccccc6)c(-c6ccccc6)nc74)O5)n3c2-c2ccccc2)cc1. The standard InChI is InChI=1S/C53H30N6O/c1-5-15-31(16-6-1)45-47(33-19-9-3-10-20-33)58-37-23-13-29-56-49(37)41-35(51(58)54-45)25-27-39-43(41)53(56)44-40(60-39)28-26-36-42(44)50-38(24-14-30-57(50)53)59-48(34-21-11-4-12-22-34)46(55-52(36)59)32-17-7-2-8-18-32/h1-30H/q+2. The number of rotatable bonds is 4. The van der Waals surface area contributed by atoms with Crippen molar-refractivity contribution < 1.29 is 13.9 Å². The number of ether oxygens (including phenoxy) is 1. The van der Waals surface area contributed by atoms with Gasteiger partial charge in [0.1, 0.15) is 33.8 Å². The Labute approximate surface area is 341 Å². The monoisotopic (exact) mass is 766 g/mol. The largest absolute Gasteiger partial charge is 0.456 e. The minimum atomic E-state index is -0.769. The quantitative estimate of drug-likeness (QED) is 0.132. The van der Waals surface area contributed by atoms with Crippen LogP contribution in [-0.4, -0.2) is 18.8 Å². The topological polar surface area (TPSA) is 51.6 Å². The highest BCUT2D eigenvalue weighted by Crippen LogP contribution is 2.58. The summed E-state index contributed by atoms with van der Waals surface area (Å²) in [7, 11) is 0. The Balaban J connectivity index is 1.12. The molecule has 0 radical (unpaired) electrons. The minimum Gasteiger partial charge on any atom is -0.456 e. The number of hydrogen-bond donors (Lipinski definition) is 0. The molecule has 0 unspecified atom stereocenters. The summed E-state index contributed by atoms with van der Waals surface area (Å²) in [6, 6.07) is 60.2. The fraction of sp³-hybridized carbons (Fsp3) is 0.0189. The van der Waals surface area contributed by atoms with Crippen LogP contribution in [0.2, 0.25) is 0 Å². The molecule has 0 saturated carbocycles. The molecule has 3 aliphatic heterocycles. The van der Waals surface area contributed by atoms with Gasteiger partial charge in [0.15, 0.2) is 23.5 Å². The Bertz CT molecular complexity index is 3640. The number of benzene rings is 6. The molecule has 6 aromatic carbocycles. The van der Waals surface area contributed by atoms with E-state index in [4.69, 9.17) is 14.7 Å². The van der Waals surface area contributed by atoms with Crippen molar-refractivity contribution in [2.75, 3.05) is 0 Å². The summed E-state index contributed by atoms with van der Waals surface area (Å²) in [6.45, 7) is 0. The summed E-state index contributed by atoms with van der Waals surface area (Å²) in [5, 5.41) is 4.52. The van der Waals surface area contributed by atoms with E-state index in [1.54, 1.807) is 0 Å². The first-order valence-corrected chi connectivity index (χ1v) is 20.4. The summed E-state index contributed by atoms with van der Waals surface area (Å²) in [5.41, 5.74) is 16.3. The van der Waals surface area contributed by atoms with Gasteiger partial charge in [0, 0.05) is 45.2 Å². The number of hydrogen-bond acceptors (Lipinski definition) is 3. The smallest absolute Gasteiger partial charge is 0.425 e. The lowest BCUT2D eigenvalue weighted by Crippen LogP contribution is -2.72. The molecule has 7 nitrogen and oxygen atoms in total. The molecule has 15 rings (SSSR count).